The molecular weight excluding hydrogens is 484 g/mol. The summed E-state index contributed by atoms with van der Waals surface area (Å²) in [5, 5.41) is 14.3. The van der Waals surface area contributed by atoms with Gasteiger partial charge in [0.05, 0.1) is 43.3 Å². The summed E-state index contributed by atoms with van der Waals surface area (Å²) in [6.45, 7) is 0.552. The molecule has 0 bridgehead atoms. The number of hydrogen-bond donors (Lipinski definition) is 1. The zero-order valence-corrected chi connectivity index (χ0v) is 20.6. The average Bonchev–Trinajstić information content (AvgIpc) is 3.41. The van der Waals surface area contributed by atoms with Gasteiger partial charge in [0.1, 0.15) is 17.2 Å². The summed E-state index contributed by atoms with van der Waals surface area (Å²) < 4.78 is 16.8. The van der Waals surface area contributed by atoms with Crippen molar-refractivity contribution in [2.45, 2.75) is 6.54 Å². The molecule has 0 aliphatic carbocycles. The molecule has 0 aliphatic rings. The fraction of sp³-hybridized carbons (Fsp3) is 0.115. The second-order valence-electron chi connectivity index (χ2n) is 7.58. The molecular formula is C26H21ClN4O3S. The van der Waals surface area contributed by atoms with Gasteiger partial charge in [-0.05, 0) is 48.0 Å². The predicted octanol–water partition coefficient (Wildman–Crippen LogP) is 6.83. The van der Waals surface area contributed by atoms with E-state index in [0.717, 1.165) is 44.8 Å². The molecule has 0 aliphatic heterocycles. The zero-order valence-electron chi connectivity index (χ0n) is 19.0. The first-order chi connectivity index (χ1) is 17.1. The largest absolute Gasteiger partial charge is 0.497 e. The van der Waals surface area contributed by atoms with E-state index in [2.05, 4.69) is 20.5 Å². The topological polar surface area (TPSA) is 78.4 Å². The molecule has 0 unspecified atom stereocenters. The number of anilines is 1. The summed E-state index contributed by atoms with van der Waals surface area (Å²) in [5.74, 6) is 2.18. The van der Waals surface area contributed by atoms with Crippen LogP contribution in [0.2, 0.25) is 5.02 Å². The minimum Gasteiger partial charge on any atom is -0.497 e. The van der Waals surface area contributed by atoms with Gasteiger partial charge in [-0.25, -0.2) is 4.98 Å². The molecule has 7 nitrogen and oxygen atoms in total. The molecule has 0 fully saturated rings. The Kier molecular flexibility index (Phi) is 6.65. The Morgan fingerprint density at radius 2 is 1.86 bits per heavy atom. The lowest BCUT2D eigenvalue weighted by Crippen LogP contribution is -2.03. The summed E-state index contributed by atoms with van der Waals surface area (Å²) in [6, 6.07) is 17.3. The number of fused-ring (bicyclic) bond motifs is 1. The normalized spacial score (nSPS) is 10.8. The van der Waals surface area contributed by atoms with Crippen molar-refractivity contribution in [3.8, 4) is 33.4 Å². The highest BCUT2D eigenvalue weighted by Gasteiger charge is 2.13. The summed E-state index contributed by atoms with van der Waals surface area (Å²) in [5.41, 5.74) is 6.12. The van der Waals surface area contributed by atoms with Crippen LogP contribution in [0.3, 0.4) is 0 Å². The van der Waals surface area contributed by atoms with Crippen LogP contribution in [0.15, 0.2) is 72.5 Å². The molecule has 0 saturated heterocycles. The summed E-state index contributed by atoms with van der Waals surface area (Å²) in [7, 11) is 3.28. The minimum absolute atomic E-state index is 0.552. The third kappa shape index (κ3) is 4.99. The van der Waals surface area contributed by atoms with Gasteiger partial charge >= 0.3 is 0 Å². The Morgan fingerprint density at radius 1 is 0.943 bits per heavy atom. The molecule has 0 atom stereocenters. The lowest BCUT2D eigenvalue weighted by atomic mass is 10.0. The zero-order chi connectivity index (χ0) is 24.2. The van der Waals surface area contributed by atoms with Crippen LogP contribution in [0.1, 0.15) is 5.56 Å². The van der Waals surface area contributed by atoms with Crippen molar-refractivity contribution in [1.82, 2.24) is 15.2 Å². The third-order valence-electron chi connectivity index (χ3n) is 5.48. The third-order valence-corrected chi connectivity index (χ3v) is 6.36. The Morgan fingerprint density at radius 3 is 2.66 bits per heavy atom. The van der Waals surface area contributed by atoms with E-state index in [9.17, 15) is 0 Å². The van der Waals surface area contributed by atoms with Crippen LogP contribution in [0.25, 0.3) is 22.0 Å². The fourth-order valence-corrected chi connectivity index (χ4v) is 4.39. The molecule has 35 heavy (non-hydrogen) atoms. The quantitative estimate of drug-likeness (QED) is 0.248. The van der Waals surface area contributed by atoms with Crippen molar-refractivity contribution in [2.75, 3.05) is 19.5 Å². The molecule has 1 N–H and O–H groups in total. The lowest BCUT2D eigenvalue weighted by molar-refractivity contribution is 0.391. The summed E-state index contributed by atoms with van der Waals surface area (Å²) in [6.07, 6.45) is 3.40. The van der Waals surface area contributed by atoms with Crippen molar-refractivity contribution in [1.29, 1.82) is 0 Å². The van der Waals surface area contributed by atoms with Crippen LogP contribution in [-0.2, 0) is 6.54 Å². The van der Waals surface area contributed by atoms with E-state index < -0.39 is 0 Å². The molecule has 0 spiro atoms. The van der Waals surface area contributed by atoms with Crippen LogP contribution in [0.5, 0.6) is 22.3 Å². The molecule has 5 rings (SSSR count). The molecule has 0 radical (unpaired) electrons. The number of nitrogens with one attached hydrogen (secondary N) is 1. The number of aromatic nitrogens is 3. The number of hydrogen-bond acceptors (Lipinski definition) is 8. The highest BCUT2D eigenvalue weighted by Crippen LogP contribution is 2.38. The molecule has 5 aromatic rings. The molecule has 2 heterocycles. The Hall–Kier alpha value is -3.88. The van der Waals surface area contributed by atoms with Gasteiger partial charge in [0.15, 0.2) is 0 Å². The van der Waals surface area contributed by atoms with Gasteiger partial charge in [-0.2, -0.15) is 10.2 Å². The molecule has 0 saturated carbocycles. The number of benzene rings is 3. The molecule has 176 valence electrons. The van der Waals surface area contributed by atoms with Crippen LogP contribution in [-0.4, -0.2) is 29.4 Å². The van der Waals surface area contributed by atoms with Crippen molar-refractivity contribution < 1.29 is 14.2 Å². The van der Waals surface area contributed by atoms with Gasteiger partial charge in [-0.3, -0.25) is 0 Å². The number of ether oxygens (including phenoxy) is 3. The van der Waals surface area contributed by atoms with E-state index >= 15 is 0 Å². The standard InChI is InChI=1S/C26H21ClN4O3S/c1-32-19-6-3-17(25(11-19)33-2)12-29-23-13-30-31-22-9-16(4-7-20(22)23)21-10-18(27)5-8-24(21)34-26-14-28-15-35-26/h3-11,13-15H,12H2,1-2H3,(H,29,31). The number of rotatable bonds is 8. The summed E-state index contributed by atoms with van der Waals surface area (Å²) >= 11 is 7.74. The smallest absolute Gasteiger partial charge is 0.200 e. The van der Waals surface area contributed by atoms with Gasteiger partial charge in [-0.15, -0.1) is 0 Å². The van der Waals surface area contributed by atoms with Gasteiger partial charge < -0.3 is 19.5 Å². The van der Waals surface area contributed by atoms with Gasteiger partial charge in [0.25, 0.3) is 0 Å². The van der Waals surface area contributed by atoms with Gasteiger partial charge in [-0.1, -0.05) is 29.0 Å². The van der Waals surface area contributed by atoms with Crippen molar-refractivity contribution in [3.63, 3.8) is 0 Å². The van der Waals surface area contributed by atoms with Crippen molar-refractivity contribution in [3.05, 3.63) is 83.1 Å². The van der Waals surface area contributed by atoms with Crippen LogP contribution < -0.4 is 19.5 Å². The number of methoxy groups -OCH3 is 2. The molecule has 3 aromatic carbocycles. The van der Waals surface area contributed by atoms with Crippen LogP contribution in [0, 0.1) is 0 Å². The Bertz CT molecular complexity index is 1480. The maximum Gasteiger partial charge on any atom is 0.200 e. The maximum atomic E-state index is 6.31. The van der Waals surface area contributed by atoms with Crippen LogP contribution >= 0.6 is 22.9 Å². The first-order valence-corrected chi connectivity index (χ1v) is 12.0. The Balaban J connectivity index is 1.45. The highest BCUT2D eigenvalue weighted by molar-refractivity contribution is 7.11. The van der Waals surface area contributed by atoms with Crippen molar-refractivity contribution >= 4 is 39.5 Å². The van der Waals surface area contributed by atoms with E-state index in [1.54, 1.807) is 38.2 Å². The summed E-state index contributed by atoms with van der Waals surface area (Å²) in [4.78, 5) is 4.08. The lowest BCUT2D eigenvalue weighted by Gasteiger charge is -2.14. The first kappa shape index (κ1) is 22.9. The fourth-order valence-electron chi connectivity index (χ4n) is 3.74. The van der Waals surface area contributed by atoms with Crippen LogP contribution in [0.4, 0.5) is 5.69 Å². The van der Waals surface area contributed by atoms with Gasteiger partial charge in [0.2, 0.25) is 5.06 Å². The second kappa shape index (κ2) is 10.2. The minimum atomic E-state index is 0.552. The monoisotopic (exact) mass is 504 g/mol. The average molecular weight is 505 g/mol. The number of halogens is 1. The van der Waals surface area contributed by atoms with E-state index in [1.165, 1.54) is 11.3 Å². The van der Waals surface area contributed by atoms with Crippen molar-refractivity contribution in [2.24, 2.45) is 0 Å². The van der Waals surface area contributed by atoms with Gasteiger partial charge in [0, 0.05) is 34.1 Å². The molecule has 9 heteroatoms. The first-order valence-electron chi connectivity index (χ1n) is 10.7. The van der Waals surface area contributed by atoms with E-state index in [4.69, 9.17) is 25.8 Å². The number of nitrogens with zero attached hydrogens (tertiary/aromatic N) is 3. The SMILES string of the molecule is COc1ccc(CNc2cnnc3cc(-c4cc(Cl)ccc4Oc4cncs4)ccc23)c(OC)c1. The number of thiazole rings is 1. The second-order valence-corrected chi connectivity index (χ2v) is 8.87. The van der Waals surface area contributed by atoms with E-state index in [1.807, 2.05) is 48.5 Å². The Labute approximate surface area is 211 Å². The highest BCUT2D eigenvalue weighted by atomic mass is 35.5. The molecule has 0 amide bonds. The maximum absolute atomic E-state index is 6.31. The van der Waals surface area contributed by atoms with E-state index in [-0.39, 0.29) is 0 Å². The molecule has 2 aromatic heterocycles. The van der Waals surface area contributed by atoms with E-state index in [0.29, 0.717) is 22.4 Å². The predicted molar refractivity (Wildman–Crippen MR) is 139 cm³/mol.